The van der Waals surface area contributed by atoms with E-state index >= 15 is 0 Å². The zero-order valence-corrected chi connectivity index (χ0v) is 10.9. The van der Waals surface area contributed by atoms with Gasteiger partial charge in [-0.3, -0.25) is 0 Å². The Labute approximate surface area is 95.2 Å². The lowest BCUT2D eigenvalue weighted by molar-refractivity contribution is 0.136. The van der Waals surface area contributed by atoms with Gasteiger partial charge in [0.05, 0.1) is 0 Å². The van der Waals surface area contributed by atoms with Crippen LogP contribution in [0.4, 0.5) is 0 Å². The quantitative estimate of drug-likeness (QED) is 0.775. The molecule has 0 bridgehead atoms. The third-order valence-corrected chi connectivity index (χ3v) is 3.72. The minimum atomic E-state index is 0.415. The molecular weight excluding hydrogens is 184 g/mol. The molecule has 1 fully saturated rings. The SMILES string of the molecule is CC(C)C(CN1CCCC(N)C1)C(C)C. The molecule has 1 atom stereocenters. The number of hydrogen-bond acceptors (Lipinski definition) is 2. The molecule has 0 radical (unpaired) electrons. The average Bonchev–Trinajstić information content (AvgIpc) is 2.13. The van der Waals surface area contributed by atoms with Crippen molar-refractivity contribution in [3.63, 3.8) is 0 Å². The van der Waals surface area contributed by atoms with E-state index in [9.17, 15) is 0 Å². The van der Waals surface area contributed by atoms with Crippen LogP contribution in [0.3, 0.4) is 0 Å². The van der Waals surface area contributed by atoms with E-state index in [2.05, 4.69) is 32.6 Å². The highest BCUT2D eigenvalue weighted by molar-refractivity contribution is 4.78. The fourth-order valence-electron chi connectivity index (χ4n) is 2.75. The maximum absolute atomic E-state index is 6.01. The maximum Gasteiger partial charge on any atom is 0.0168 e. The topological polar surface area (TPSA) is 29.3 Å². The van der Waals surface area contributed by atoms with Gasteiger partial charge in [-0.2, -0.15) is 0 Å². The van der Waals surface area contributed by atoms with E-state index in [1.54, 1.807) is 0 Å². The van der Waals surface area contributed by atoms with Gasteiger partial charge in [-0.1, -0.05) is 27.7 Å². The third kappa shape index (κ3) is 4.12. The fourth-order valence-corrected chi connectivity index (χ4v) is 2.75. The van der Waals surface area contributed by atoms with Crippen LogP contribution in [-0.4, -0.2) is 30.6 Å². The predicted octanol–water partition coefficient (Wildman–Crippen LogP) is 2.34. The van der Waals surface area contributed by atoms with Gasteiger partial charge in [-0.25, -0.2) is 0 Å². The summed E-state index contributed by atoms with van der Waals surface area (Å²) < 4.78 is 0. The fraction of sp³-hybridized carbons (Fsp3) is 1.00. The molecule has 0 aromatic heterocycles. The Kier molecular flexibility index (Phi) is 5.07. The lowest BCUT2D eigenvalue weighted by atomic mass is 9.84. The molecule has 0 aromatic carbocycles. The molecule has 2 nitrogen and oxygen atoms in total. The maximum atomic E-state index is 6.01. The third-order valence-electron chi connectivity index (χ3n) is 3.72. The Morgan fingerprint density at radius 1 is 1.20 bits per heavy atom. The molecule has 0 saturated carbocycles. The van der Waals surface area contributed by atoms with E-state index in [0.29, 0.717) is 6.04 Å². The van der Waals surface area contributed by atoms with Crippen molar-refractivity contribution in [2.24, 2.45) is 23.5 Å². The normalized spacial score (nSPS) is 24.4. The van der Waals surface area contributed by atoms with Crippen LogP contribution in [0, 0.1) is 17.8 Å². The summed E-state index contributed by atoms with van der Waals surface area (Å²) >= 11 is 0. The zero-order valence-electron chi connectivity index (χ0n) is 10.9. The number of likely N-dealkylation sites (tertiary alicyclic amines) is 1. The first-order chi connectivity index (χ1) is 7.00. The summed E-state index contributed by atoms with van der Waals surface area (Å²) in [6, 6.07) is 0.415. The standard InChI is InChI=1S/C13H28N2/c1-10(2)13(11(3)4)9-15-7-5-6-12(14)8-15/h10-13H,5-9,14H2,1-4H3. The largest absolute Gasteiger partial charge is 0.327 e. The molecule has 1 saturated heterocycles. The average molecular weight is 212 g/mol. The first-order valence-corrected chi connectivity index (χ1v) is 6.48. The minimum Gasteiger partial charge on any atom is -0.327 e. The molecule has 1 heterocycles. The van der Waals surface area contributed by atoms with Crippen LogP contribution in [0.2, 0.25) is 0 Å². The molecule has 15 heavy (non-hydrogen) atoms. The van der Waals surface area contributed by atoms with Crippen molar-refractivity contribution in [1.82, 2.24) is 4.90 Å². The highest BCUT2D eigenvalue weighted by atomic mass is 15.1. The zero-order chi connectivity index (χ0) is 11.4. The Morgan fingerprint density at radius 3 is 2.27 bits per heavy atom. The van der Waals surface area contributed by atoms with Crippen LogP contribution in [0.5, 0.6) is 0 Å². The molecule has 1 rings (SSSR count). The van der Waals surface area contributed by atoms with Crippen molar-refractivity contribution in [1.29, 1.82) is 0 Å². The molecule has 1 aliphatic heterocycles. The lowest BCUT2D eigenvalue weighted by Gasteiger charge is -2.36. The smallest absolute Gasteiger partial charge is 0.0168 e. The van der Waals surface area contributed by atoms with Crippen molar-refractivity contribution in [2.75, 3.05) is 19.6 Å². The van der Waals surface area contributed by atoms with Crippen LogP contribution >= 0.6 is 0 Å². The van der Waals surface area contributed by atoms with Crippen LogP contribution in [0.1, 0.15) is 40.5 Å². The van der Waals surface area contributed by atoms with Gasteiger partial charge in [0.15, 0.2) is 0 Å². The monoisotopic (exact) mass is 212 g/mol. The van der Waals surface area contributed by atoms with Crippen molar-refractivity contribution < 1.29 is 0 Å². The van der Waals surface area contributed by atoms with Gasteiger partial charge in [0.2, 0.25) is 0 Å². The summed E-state index contributed by atoms with van der Waals surface area (Å²) in [6.07, 6.45) is 2.49. The molecular formula is C13H28N2. The summed E-state index contributed by atoms with van der Waals surface area (Å²) in [4.78, 5) is 2.57. The first kappa shape index (κ1) is 13.0. The second-order valence-corrected chi connectivity index (χ2v) is 5.81. The van der Waals surface area contributed by atoms with Crippen LogP contribution in [0.25, 0.3) is 0 Å². The highest BCUT2D eigenvalue weighted by Gasteiger charge is 2.23. The van der Waals surface area contributed by atoms with Crippen LogP contribution in [0.15, 0.2) is 0 Å². The van der Waals surface area contributed by atoms with Gasteiger partial charge in [-0.15, -0.1) is 0 Å². The van der Waals surface area contributed by atoms with Gasteiger partial charge in [0, 0.05) is 19.1 Å². The van der Waals surface area contributed by atoms with Crippen molar-refractivity contribution >= 4 is 0 Å². The highest BCUT2D eigenvalue weighted by Crippen LogP contribution is 2.23. The Hall–Kier alpha value is -0.0800. The van der Waals surface area contributed by atoms with E-state index in [-0.39, 0.29) is 0 Å². The van der Waals surface area contributed by atoms with E-state index in [4.69, 9.17) is 5.73 Å². The molecule has 0 amide bonds. The molecule has 2 N–H and O–H groups in total. The van der Waals surface area contributed by atoms with Crippen LogP contribution in [-0.2, 0) is 0 Å². The Bertz CT molecular complexity index is 169. The summed E-state index contributed by atoms with van der Waals surface area (Å²) in [5.74, 6) is 2.38. The van der Waals surface area contributed by atoms with E-state index in [1.165, 1.54) is 25.9 Å². The van der Waals surface area contributed by atoms with E-state index < -0.39 is 0 Å². The van der Waals surface area contributed by atoms with Crippen molar-refractivity contribution in [2.45, 2.75) is 46.6 Å². The molecule has 1 aliphatic rings. The molecule has 1 unspecified atom stereocenters. The molecule has 90 valence electrons. The number of piperidine rings is 1. The molecule has 0 aromatic rings. The van der Waals surface area contributed by atoms with Gasteiger partial charge in [0.1, 0.15) is 0 Å². The minimum absolute atomic E-state index is 0.415. The van der Waals surface area contributed by atoms with Gasteiger partial charge in [-0.05, 0) is 37.1 Å². The Balaban J connectivity index is 2.43. The van der Waals surface area contributed by atoms with Crippen LogP contribution < -0.4 is 5.73 Å². The summed E-state index contributed by atoms with van der Waals surface area (Å²) in [5, 5.41) is 0. The first-order valence-electron chi connectivity index (χ1n) is 6.48. The lowest BCUT2D eigenvalue weighted by Crippen LogP contribution is -2.45. The van der Waals surface area contributed by atoms with Gasteiger partial charge in [0.25, 0.3) is 0 Å². The molecule has 0 aliphatic carbocycles. The summed E-state index contributed by atoms with van der Waals surface area (Å²) in [5.41, 5.74) is 6.01. The van der Waals surface area contributed by atoms with Crippen molar-refractivity contribution in [3.05, 3.63) is 0 Å². The number of rotatable bonds is 4. The second-order valence-electron chi connectivity index (χ2n) is 5.81. The van der Waals surface area contributed by atoms with Crippen molar-refractivity contribution in [3.8, 4) is 0 Å². The van der Waals surface area contributed by atoms with Gasteiger partial charge >= 0.3 is 0 Å². The summed E-state index contributed by atoms with van der Waals surface area (Å²) in [7, 11) is 0. The predicted molar refractivity (Wildman–Crippen MR) is 66.8 cm³/mol. The summed E-state index contributed by atoms with van der Waals surface area (Å²) in [6.45, 7) is 13.0. The molecule has 2 heteroatoms. The van der Waals surface area contributed by atoms with Gasteiger partial charge < -0.3 is 10.6 Å². The van der Waals surface area contributed by atoms with E-state index in [0.717, 1.165) is 24.3 Å². The molecule has 0 spiro atoms. The van der Waals surface area contributed by atoms with E-state index in [1.807, 2.05) is 0 Å². The number of nitrogens with two attached hydrogens (primary N) is 1. The second kappa shape index (κ2) is 5.86. The number of hydrogen-bond donors (Lipinski definition) is 1. The number of nitrogens with zero attached hydrogens (tertiary/aromatic N) is 1. The Morgan fingerprint density at radius 2 is 1.80 bits per heavy atom.